The van der Waals surface area contributed by atoms with E-state index in [0.29, 0.717) is 6.54 Å². The van der Waals surface area contributed by atoms with Crippen LogP contribution < -0.4 is 5.32 Å². The molecule has 1 atom stereocenters. The Labute approximate surface area is 124 Å². The van der Waals surface area contributed by atoms with Gasteiger partial charge in [-0.1, -0.05) is 48.5 Å². The molecule has 0 radical (unpaired) electrons. The summed E-state index contributed by atoms with van der Waals surface area (Å²) < 4.78 is 0. The maximum atomic E-state index is 12.0. The van der Waals surface area contributed by atoms with Gasteiger partial charge in [-0.15, -0.1) is 11.8 Å². The normalized spacial score (nSPS) is 11.8. The number of amides is 1. The molecule has 20 heavy (non-hydrogen) atoms. The number of rotatable bonds is 6. The van der Waals surface area contributed by atoms with Gasteiger partial charge in [0.05, 0.1) is 5.25 Å². The molecule has 0 aromatic heterocycles. The van der Waals surface area contributed by atoms with Crippen molar-refractivity contribution >= 4 is 17.7 Å². The third kappa shape index (κ3) is 4.74. The molecule has 1 amide bonds. The average Bonchev–Trinajstić information content (AvgIpc) is 2.49. The second-order valence-corrected chi connectivity index (χ2v) is 6.01. The molecule has 0 aliphatic heterocycles. The van der Waals surface area contributed by atoms with E-state index in [9.17, 15) is 4.79 Å². The summed E-state index contributed by atoms with van der Waals surface area (Å²) in [6.07, 6.45) is 0.870. The van der Waals surface area contributed by atoms with Crippen molar-refractivity contribution in [3.05, 3.63) is 66.2 Å². The summed E-state index contributed by atoms with van der Waals surface area (Å²) in [5.74, 6) is 0.0924. The molecule has 0 saturated heterocycles. The summed E-state index contributed by atoms with van der Waals surface area (Å²) in [4.78, 5) is 13.1. The lowest BCUT2D eigenvalue weighted by Gasteiger charge is -2.12. The standard InChI is InChI=1S/C17H19NOS/c1-14(20-16-10-6-3-7-11-16)17(19)18-13-12-15-8-4-2-5-9-15/h2-11,14H,12-13H2,1H3,(H,18,19)/t14-/m0/s1. The van der Waals surface area contributed by atoms with Gasteiger partial charge < -0.3 is 5.32 Å². The fraction of sp³-hybridized carbons (Fsp3) is 0.235. The highest BCUT2D eigenvalue weighted by Gasteiger charge is 2.13. The summed E-state index contributed by atoms with van der Waals surface area (Å²) in [7, 11) is 0. The van der Waals surface area contributed by atoms with E-state index in [2.05, 4.69) is 17.4 Å². The van der Waals surface area contributed by atoms with Crippen LogP contribution >= 0.6 is 11.8 Å². The van der Waals surface area contributed by atoms with Gasteiger partial charge >= 0.3 is 0 Å². The van der Waals surface area contributed by atoms with Crippen LogP contribution in [0.5, 0.6) is 0 Å². The molecule has 3 heteroatoms. The molecule has 2 aromatic rings. The molecular formula is C17H19NOS. The zero-order valence-corrected chi connectivity index (χ0v) is 12.4. The first kappa shape index (κ1) is 14.7. The number of carbonyl (C=O) groups excluding carboxylic acids is 1. The van der Waals surface area contributed by atoms with Crippen LogP contribution in [0.4, 0.5) is 0 Å². The zero-order valence-electron chi connectivity index (χ0n) is 11.6. The Hall–Kier alpha value is -1.74. The molecule has 104 valence electrons. The van der Waals surface area contributed by atoms with Gasteiger partial charge in [-0.05, 0) is 31.0 Å². The fourth-order valence-corrected chi connectivity index (χ4v) is 2.79. The minimum Gasteiger partial charge on any atom is -0.355 e. The monoisotopic (exact) mass is 285 g/mol. The maximum Gasteiger partial charge on any atom is 0.233 e. The zero-order chi connectivity index (χ0) is 14.2. The van der Waals surface area contributed by atoms with E-state index in [1.54, 1.807) is 11.8 Å². The number of thioether (sulfide) groups is 1. The van der Waals surface area contributed by atoms with Crippen molar-refractivity contribution in [2.75, 3.05) is 6.54 Å². The Morgan fingerprint density at radius 3 is 2.30 bits per heavy atom. The number of benzene rings is 2. The Morgan fingerprint density at radius 2 is 1.65 bits per heavy atom. The molecule has 0 aliphatic carbocycles. The van der Waals surface area contributed by atoms with Gasteiger partial charge in [0.2, 0.25) is 5.91 Å². The van der Waals surface area contributed by atoms with E-state index in [4.69, 9.17) is 0 Å². The largest absolute Gasteiger partial charge is 0.355 e. The first-order chi connectivity index (χ1) is 9.75. The summed E-state index contributed by atoms with van der Waals surface area (Å²) in [5.41, 5.74) is 1.25. The SMILES string of the molecule is C[C@H](Sc1ccccc1)C(=O)NCCc1ccccc1. The summed E-state index contributed by atoms with van der Waals surface area (Å²) >= 11 is 1.59. The van der Waals surface area contributed by atoms with E-state index in [0.717, 1.165) is 11.3 Å². The van der Waals surface area contributed by atoms with Crippen LogP contribution in [0.2, 0.25) is 0 Å². The van der Waals surface area contributed by atoms with Gasteiger partial charge in [-0.2, -0.15) is 0 Å². The van der Waals surface area contributed by atoms with Crippen LogP contribution in [0.15, 0.2) is 65.6 Å². The number of hydrogen-bond acceptors (Lipinski definition) is 2. The van der Waals surface area contributed by atoms with Crippen molar-refractivity contribution in [3.63, 3.8) is 0 Å². The first-order valence-electron chi connectivity index (χ1n) is 6.79. The van der Waals surface area contributed by atoms with Crippen LogP contribution in [0, 0.1) is 0 Å². The van der Waals surface area contributed by atoms with Crippen molar-refractivity contribution in [1.29, 1.82) is 0 Å². The van der Waals surface area contributed by atoms with Crippen molar-refractivity contribution in [3.8, 4) is 0 Å². The Morgan fingerprint density at radius 1 is 1.05 bits per heavy atom. The minimum absolute atomic E-state index is 0.0758. The Kier molecular flexibility index (Phi) is 5.69. The van der Waals surface area contributed by atoms with Crippen LogP contribution in [0.3, 0.4) is 0 Å². The van der Waals surface area contributed by atoms with E-state index in [-0.39, 0.29) is 11.2 Å². The first-order valence-corrected chi connectivity index (χ1v) is 7.67. The molecule has 2 aromatic carbocycles. The lowest BCUT2D eigenvalue weighted by atomic mass is 10.1. The summed E-state index contributed by atoms with van der Waals surface area (Å²) in [6.45, 7) is 2.62. The van der Waals surface area contributed by atoms with E-state index in [1.807, 2.05) is 55.5 Å². The lowest BCUT2D eigenvalue weighted by Crippen LogP contribution is -2.32. The highest BCUT2D eigenvalue weighted by atomic mass is 32.2. The summed E-state index contributed by atoms with van der Waals surface area (Å²) in [5, 5.41) is 2.92. The van der Waals surface area contributed by atoms with Gasteiger partial charge in [0, 0.05) is 11.4 Å². The van der Waals surface area contributed by atoms with Gasteiger partial charge in [-0.25, -0.2) is 0 Å². The highest BCUT2D eigenvalue weighted by Crippen LogP contribution is 2.22. The fourth-order valence-electron chi connectivity index (χ4n) is 1.88. The summed E-state index contributed by atoms with van der Waals surface area (Å²) in [6, 6.07) is 20.2. The van der Waals surface area contributed by atoms with Crippen molar-refractivity contribution in [1.82, 2.24) is 5.32 Å². The second kappa shape index (κ2) is 7.75. The molecule has 0 heterocycles. The predicted molar refractivity (Wildman–Crippen MR) is 84.9 cm³/mol. The predicted octanol–water partition coefficient (Wildman–Crippen LogP) is 3.53. The minimum atomic E-state index is -0.0758. The third-order valence-electron chi connectivity index (χ3n) is 2.98. The highest BCUT2D eigenvalue weighted by molar-refractivity contribution is 8.00. The molecule has 0 spiro atoms. The molecule has 0 aliphatic rings. The molecule has 0 saturated carbocycles. The van der Waals surface area contributed by atoms with Crippen molar-refractivity contribution < 1.29 is 4.79 Å². The van der Waals surface area contributed by atoms with E-state index in [1.165, 1.54) is 5.56 Å². The Bertz CT molecular complexity index is 527. The smallest absolute Gasteiger partial charge is 0.233 e. The van der Waals surface area contributed by atoms with Gasteiger partial charge in [0.25, 0.3) is 0 Å². The number of nitrogens with one attached hydrogen (secondary N) is 1. The molecule has 2 rings (SSSR count). The van der Waals surface area contributed by atoms with Gasteiger partial charge in [-0.3, -0.25) is 4.79 Å². The van der Waals surface area contributed by atoms with Crippen LogP contribution in [-0.2, 0) is 11.2 Å². The van der Waals surface area contributed by atoms with E-state index >= 15 is 0 Å². The van der Waals surface area contributed by atoms with Gasteiger partial charge in [0.1, 0.15) is 0 Å². The quantitative estimate of drug-likeness (QED) is 0.823. The molecule has 0 unspecified atom stereocenters. The second-order valence-electron chi connectivity index (χ2n) is 4.60. The van der Waals surface area contributed by atoms with E-state index < -0.39 is 0 Å². The molecule has 0 bridgehead atoms. The molecule has 0 fully saturated rings. The van der Waals surface area contributed by atoms with Crippen LogP contribution in [-0.4, -0.2) is 17.7 Å². The van der Waals surface area contributed by atoms with Crippen molar-refractivity contribution in [2.24, 2.45) is 0 Å². The lowest BCUT2D eigenvalue weighted by molar-refractivity contribution is -0.120. The average molecular weight is 285 g/mol. The topological polar surface area (TPSA) is 29.1 Å². The maximum absolute atomic E-state index is 12.0. The number of carbonyl (C=O) groups is 1. The van der Waals surface area contributed by atoms with Gasteiger partial charge in [0.15, 0.2) is 0 Å². The molecule has 1 N–H and O–H groups in total. The van der Waals surface area contributed by atoms with Crippen LogP contribution in [0.1, 0.15) is 12.5 Å². The molecular weight excluding hydrogens is 266 g/mol. The molecule has 2 nitrogen and oxygen atoms in total. The number of hydrogen-bond donors (Lipinski definition) is 1. The third-order valence-corrected chi connectivity index (χ3v) is 4.09. The Balaban J connectivity index is 1.74. The van der Waals surface area contributed by atoms with Crippen molar-refractivity contribution in [2.45, 2.75) is 23.5 Å². The van der Waals surface area contributed by atoms with Crippen LogP contribution in [0.25, 0.3) is 0 Å².